The number of carbonyl (C=O) groups is 1. The average molecular weight is 475 g/mol. The fourth-order valence-corrected chi connectivity index (χ4v) is 5.09. The molecule has 0 saturated carbocycles. The molecular formula is C29H28F2N2O2. The van der Waals surface area contributed by atoms with E-state index in [1.54, 1.807) is 10.5 Å². The summed E-state index contributed by atoms with van der Waals surface area (Å²) in [5.74, 6) is -0.391. The van der Waals surface area contributed by atoms with E-state index >= 15 is 0 Å². The van der Waals surface area contributed by atoms with Crippen LogP contribution in [-0.2, 0) is 19.4 Å². The Bertz CT molecular complexity index is 1390. The predicted octanol–water partition coefficient (Wildman–Crippen LogP) is 6.58. The summed E-state index contributed by atoms with van der Waals surface area (Å²) < 4.78 is 35.7. The van der Waals surface area contributed by atoms with Crippen molar-refractivity contribution in [2.45, 2.75) is 52.6 Å². The number of rotatable bonds is 7. The molecule has 4 nitrogen and oxygen atoms in total. The van der Waals surface area contributed by atoms with E-state index in [1.165, 1.54) is 29.3 Å². The Balaban J connectivity index is 1.35. The molecule has 180 valence electrons. The van der Waals surface area contributed by atoms with Crippen molar-refractivity contribution in [1.82, 2.24) is 9.38 Å². The van der Waals surface area contributed by atoms with Gasteiger partial charge in [0, 0.05) is 12.6 Å². The van der Waals surface area contributed by atoms with Crippen LogP contribution in [0.1, 0.15) is 57.7 Å². The molecule has 1 aliphatic rings. The number of carbonyl (C=O) groups excluding carboxylic acids is 1. The fourth-order valence-electron chi connectivity index (χ4n) is 5.09. The first-order chi connectivity index (χ1) is 16.9. The maximum absolute atomic E-state index is 14.1. The molecule has 0 bridgehead atoms. The van der Waals surface area contributed by atoms with Crippen molar-refractivity contribution in [3.8, 4) is 5.75 Å². The zero-order valence-corrected chi connectivity index (χ0v) is 20.0. The van der Waals surface area contributed by atoms with Crippen LogP contribution in [0.15, 0.2) is 54.7 Å². The first-order valence-corrected chi connectivity index (χ1v) is 12.1. The van der Waals surface area contributed by atoms with Crippen LogP contribution in [0.5, 0.6) is 5.75 Å². The first-order valence-electron chi connectivity index (χ1n) is 12.1. The molecule has 1 unspecified atom stereocenters. The van der Waals surface area contributed by atoms with E-state index in [0.717, 1.165) is 31.2 Å². The van der Waals surface area contributed by atoms with Crippen LogP contribution in [0.3, 0.4) is 0 Å². The molecule has 2 aromatic heterocycles. The third kappa shape index (κ3) is 4.70. The molecule has 2 heterocycles. The Labute approximate surface area is 203 Å². The highest BCUT2D eigenvalue weighted by molar-refractivity contribution is 5.96. The minimum atomic E-state index is -0.658. The SMILES string of the molecule is Cc1cc(OCc2c(F)cccc2F)c2nc(C)c(C(=O)CCC3CCc4ccccc4C3)n2c1. The number of ether oxygens (including phenoxy) is 1. The molecule has 4 aromatic rings. The first kappa shape index (κ1) is 23.2. The number of aryl methyl sites for hydroxylation is 3. The van der Waals surface area contributed by atoms with Crippen LogP contribution in [0.4, 0.5) is 8.78 Å². The molecule has 1 atom stereocenters. The van der Waals surface area contributed by atoms with Crippen LogP contribution >= 0.6 is 0 Å². The summed E-state index contributed by atoms with van der Waals surface area (Å²) in [5.41, 5.74) is 5.17. The molecule has 5 rings (SSSR count). The lowest BCUT2D eigenvalue weighted by Crippen LogP contribution is -2.16. The number of hydrogen-bond acceptors (Lipinski definition) is 3. The van der Waals surface area contributed by atoms with Gasteiger partial charge in [0.05, 0.1) is 11.3 Å². The van der Waals surface area contributed by atoms with Crippen molar-refractivity contribution < 1.29 is 18.3 Å². The van der Waals surface area contributed by atoms with Crippen LogP contribution in [0.25, 0.3) is 5.65 Å². The number of aromatic nitrogens is 2. The summed E-state index contributed by atoms with van der Waals surface area (Å²) >= 11 is 0. The molecule has 0 N–H and O–H groups in total. The van der Waals surface area contributed by atoms with Gasteiger partial charge in [-0.3, -0.25) is 9.20 Å². The van der Waals surface area contributed by atoms with Gasteiger partial charge >= 0.3 is 0 Å². The van der Waals surface area contributed by atoms with Crippen molar-refractivity contribution in [2.75, 3.05) is 0 Å². The van der Waals surface area contributed by atoms with E-state index in [0.29, 0.717) is 35.1 Å². The highest BCUT2D eigenvalue weighted by Crippen LogP contribution is 2.30. The van der Waals surface area contributed by atoms with E-state index in [9.17, 15) is 13.6 Å². The number of Topliss-reactive ketones (excluding diaryl/α,β-unsaturated/α-hetero) is 1. The third-order valence-corrected chi connectivity index (χ3v) is 6.92. The summed E-state index contributed by atoms with van der Waals surface area (Å²) in [6.07, 6.45) is 6.31. The van der Waals surface area contributed by atoms with Gasteiger partial charge in [-0.1, -0.05) is 30.3 Å². The van der Waals surface area contributed by atoms with Gasteiger partial charge in [0.25, 0.3) is 0 Å². The zero-order valence-electron chi connectivity index (χ0n) is 20.0. The second kappa shape index (κ2) is 9.61. The summed E-state index contributed by atoms with van der Waals surface area (Å²) in [7, 11) is 0. The number of halogens is 2. The monoisotopic (exact) mass is 474 g/mol. The summed E-state index contributed by atoms with van der Waals surface area (Å²) in [6, 6.07) is 14.1. The van der Waals surface area contributed by atoms with Crippen LogP contribution in [0, 0.1) is 31.4 Å². The maximum atomic E-state index is 14.1. The fraction of sp³-hybridized carbons (Fsp3) is 0.310. The normalized spacial score (nSPS) is 15.3. The van der Waals surface area contributed by atoms with Crippen LogP contribution in [-0.4, -0.2) is 15.2 Å². The molecule has 0 radical (unpaired) electrons. The predicted molar refractivity (Wildman–Crippen MR) is 131 cm³/mol. The van der Waals surface area contributed by atoms with Gasteiger partial charge in [0.15, 0.2) is 17.2 Å². The highest BCUT2D eigenvalue weighted by atomic mass is 19.1. The van der Waals surface area contributed by atoms with E-state index in [4.69, 9.17) is 4.74 Å². The van der Waals surface area contributed by atoms with Crippen molar-refractivity contribution in [3.05, 3.63) is 100 Å². The van der Waals surface area contributed by atoms with Crippen molar-refractivity contribution in [2.24, 2.45) is 5.92 Å². The third-order valence-electron chi connectivity index (χ3n) is 6.92. The average Bonchev–Trinajstić information content (AvgIpc) is 3.17. The van der Waals surface area contributed by atoms with Crippen molar-refractivity contribution >= 4 is 11.4 Å². The second-order valence-corrected chi connectivity index (χ2v) is 9.45. The molecular weight excluding hydrogens is 446 g/mol. The second-order valence-electron chi connectivity index (χ2n) is 9.45. The lowest BCUT2D eigenvalue weighted by atomic mass is 9.81. The zero-order chi connectivity index (χ0) is 24.5. The Hall–Kier alpha value is -3.54. The molecule has 0 fully saturated rings. The Morgan fingerprint density at radius 2 is 1.83 bits per heavy atom. The molecule has 0 saturated heterocycles. The largest absolute Gasteiger partial charge is 0.485 e. The number of benzene rings is 2. The smallest absolute Gasteiger partial charge is 0.181 e. The highest BCUT2D eigenvalue weighted by Gasteiger charge is 2.23. The Morgan fingerprint density at radius 3 is 2.60 bits per heavy atom. The van der Waals surface area contributed by atoms with Gasteiger partial charge in [-0.25, -0.2) is 13.8 Å². The molecule has 6 heteroatoms. The van der Waals surface area contributed by atoms with Crippen molar-refractivity contribution in [1.29, 1.82) is 0 Å². The summed E-state index contributed by atoms with van der Waals surface area (Å²) in [6.45, 7) is 3.43. The number of pyridine rings is 1. The molecule has 2 aromatic carbocycles. The van der Waals surface area contributed by atoms with Gasteiger partial charge in [0.2, 0.25) is 0 Å². The lowest BCUT2D eigenvalue weighted by Gasteiger charge is -2.24. The Morgan fingerprint density at radius 1 is 1.09 bits per heavy atom. The number of fused-ring (bicyclic) bond motifs is 2. The quantitative estimate of drug-likeness (QED) is 0.284. The lowest BCUT2D eigenvalue weighted by molar-refractivity contribution is 0.0966. The molecule has 0 aliphatic heterocycles. The molecule has 0 spiro atoms. The molecule has 1 aliphatic carbocycles. The molecule has 35 heavy (non-hydrogen) atoms. The van der Waals surface area contributed by atoms with E-state index in [2.05, 4.69) is 29.2 Å². The minimum Gasteiger partial charge on any atom is -0.485 e. The molecule has 0 amide bonds. The van der Waals surface area contributed by atoms with E-state index in [1.807, 2.05) is 20.0 Å². The summed E-state index contributed by atoms with van der Waals surface area (Å²) in [4.78, 5) is 17.9. The van der Waals surface area contributed by atoms with Gasteiger partial charge in [0.1, 0.15) is 23.9 Å². The van der Waals surface area contributed by atoms with Gasteiger partial charge < -0.3 is 4.74 Å². The number of nitrogens with zero attached hydrogens (tertiary/aromatic N) is 2. The maximum Gasteiger partial charge on any atom is 0.181 e. The number of hydrogen-bond donors (Lipinski definition) is 0. The van der Waals surface area contributed by atoms with E-state index < -0.39 is 11.6 Å². The Kier molecular flexibility index (Phi) is 6.37. The van der Waals surface area contributed by atoms with Gasteiger partial charge in [-0.05, 0) is 80.3 Å². The standard InChI is InChI=1S/C29H28F2N2O2/c1-18-14-27(35-17-23-24(30)8-5-9-25(23)31)29-32-19(2)28(33(29)16-18)26(34)13-11-20-10-12-21-6-3-4-7-22(21)15-20/h3-9,14,16,20H,10-13,15,17H2,1-2H3. The number of ketones is 1. The van der Waals surface area contributed by atoms with Crippen molar-refractivity contribution in [3.63, 3.8) is 0 Å². The summed E-state index contributed by atoms with van der Waals surface area (Å²) in [5, 5.41) is 0. The van der Waals surface area contributed by atoms with Crippen LogP contribution in [0.2, 0.25) is 0 Å². The van der Waals surface area contributed by atoms with Crippen LogP contribution < -0.4 is 4.74 Å². The topological polar surface area (TPSA) is 43.6 Å². The minimum absolute atomic E-state index is 0.0468. The van der Waals surface area contributed by atoms with Gasteiger partial charge in [-0.2, -0.15) is 0 Å². The van der Waals surface area contributed by atoms with E-state index in [-0.39, 0.29) is 18.0 Å². The number of imidazole rings is 1. The van der Waals surface area contributed by atoms with Gasteiger partial charge in [-0.15, -0.1) is 0 Å².